The maximum Gasteiger partial charge on any atom is 0.120 e. The smallest absolute Gasteiger partial charge is 0.120 e. The van der Waals surface area contributed by atoms with Crippen LogP contribution in [-0.2, 0) is 6.54 Å². The van der Waals surface area contributed by atoms with E-state index in [0.29, 0.717) is 12.3 Å². The predicted molar refractivity (Wildman–Crippen MR) is 69.1 cm³/mol. The number of phenolic OH excluding ortho intramolecular Hbond substituents is 1. The quantitative estimate of drug-likeness (QED) is 0.848. The first-order valence-corrected chi connectivity index (χ1v) is 5.61. The van der Waals surface area contributed by atoms with E-state index in [1.165, 1.54) is 0 Å². The molecule has 3 nitrogen and oxygen atoms in total. The highest BCUT2D eigenvalue weighted by molar-refractivity contribution is 5.48. The molecule has 0 saturated carbocycles. The average molecular weight is 228 g/mol. The summed E-state index contributed by atoms with van der Waals surface area (Å²) in [5.41, 5.74) is 3.99. The van der Waals surface area contributed by atoms with Crippen LogP contribution in [0.4, 0.5) is 5.69 Å². The number of pyridine rings is 1. The molecule has 1 heterocycles. The van der Waals surface area contributed by atoms with E-state index in [1.54, 1.807) is 12.3 Å². The zero-order chi connectivity index (χ0) is 12.3. The van der Waals surface area contributed by atoms with Gasteiger partial charge in [0.2, 0.25) is 0 Å². The molecule has 0 bridgehead atoms. The molecular formula is C14H16N2O. The fourth-order valence-corrected chi connectivity index (χ4v) is 1.72. The van der Waals surface area contributed by atoms with E-state index in [4.69, 9.17) is 0 Å². The molecule has 88 valence electrons. The van der Waals surface area contributed by atoms with Crippen LogP contribution in [0.3, 0.4) is 0 Å². The Labute approximate surface area is 101 Å². The molecule has 17 heavy (non-hydrogen) atoms. The van der Waals surface area contributed by atoms with Crippen molar-refractivity contribution in [2.24, 2.45) is 0 Å². The van der Waals surface area contributed by atoms with Gasteiger partial charge in [-0.3, -0.25) is 4.98 Å². The number of nitrogens with zero attached hydrogens (tertiary/aromatic N) is 1. The summed E-state index contributed by atoms with van der Waals surface area (Å²) in [6.45, 7) is 4.57. The second-order valence-corrected chi connectivity index (χ2v) is 4.12. The first kappa shape index (κ1) is 11.5. The third-order valence-electron chi connectivity index (χ3n) is 2.71. The third-order valence-corrected chi connectivity index (χ3v) is 2.71. The van der Waals surface area contributed by atoms with E-state index in [9.17, 15) is 5.11 Å². The number of hydrogen-bond donors (Lipinski definition) is 2. The summed E-state index contributed by atoms with van der Waals surface area (Å²) in [7, 11) is 0. The van der Waals surface area contributed by atoms with Crippen molar-refractivity contribution in [3.8, 4) is 5.75 Å². The van der Waals surface area contributed by atoms with Gasteiger partial charge in [-0.1, -0.05) is 17.7 Å². The summed E-state index contributed by atoms with van der Waals surface area (Å²) in [5, 5.41) is 13.0. The predicted octanol–water partition coefficient (Wildman–Crippen LogP) is 3.02. The zero-order valence-corrected chi connectivity index (χ0v) is 10.1. The zero-order valence-electron chi connectivity index (χ0n) is 10.1. The van der Waals surface area contributed by atoms with Gasteiger partial charge in [-0.05, 0) is 32.0 Å². The van der Waals surface area contributed by atoms with Gasteiger partial charge in [0.15, 0.2) is 0 Å². The molecule has 2 aromatic rings. The van der Waals surface area contributed by atoms with E-state index >= 15 is 0 Å². The third kappa shape index (κ3) is 2.75. The Kier molecular flexibility index (Phi) is 3.28. The molecule has 0 saturated heterocycles. The molecular weight excluding hydrogens is 212 g/mol. The minimum absolute atomic E-state index is 0.324. The number of aromatic hydroxyl groups is 1. The first-order chi connectivity index (χ1) is 8.16. The molecule has 0 fully saturated rings. The Hall–Kier alpha value is -2.03. The van der Waals surface area contributed by atoms with E-state index in [1.807, 2.05) is 38.1 Å². The van der Waals surface area contributed by atoms with E-state index in [-0.39, 0.29) is 0 Å². The molecule has 0 amide bonds. The van der Waals surface area contributed by atoms with E-state index in [0.717, 1.165) is 22.5 Å². The van der Waals surface area contributed by atoms with Crippen molar-refractivity contribution in [2.45, 2.75) is 20.4 Å². The Morgan fingerprint density at radius 1 is 1.24 bits per heavy atom. The lowest BCUT2D eigenvalue weighted by Gasteiger charge is -2.10. The van der Waals surface area contributed by atoms with Gasteiger partial charge < -0.3 is 10.4 Å². The summed E-state index contributed by atoms with van der Waals surface area (Å²) >= 11 is 0. The van der Waals surface area contributed by atoms with Gasteiger partial charge >= 0.3 is 0 Å². The Balaban J connectivity index is 2.12. The Morgan fingerprint density at radius 2 is 2.06 bits per heavy atom. The SMILES string of the molecule is Cc1ccc(O)c(CNc2cccnc2C)c1. The van der Waals surface area contributed by atoms with Crippen LogP contribution in [0.5, 0.6) is 5.75 Å². The van der Waals surface area contributed by atoms with Gasteiger partial charge in [0.05, 0.1) is 11.4 Å². The van der Waals surface area contributed by atoms with Gasteiger partial charge in [0, 0.05) is 18.3 Å². The van der Waals surface area contributed by atoms with Crippen molar-refractivity contribution in [3.63, 3.8) is 0 Å². The molecule has 1 aromatic heterocycles. The molecule has 2 rings (SSSR count). The second kappa shape index (κ2) is 4.87. The highest BCUT2D eigenvalue weighted by Crippen LogP contribution is 2.20. The fourth-order valence-electron chi connectivity index (χ4n) is 1.72. The van der Waals surface area contributed by atoms with Crippen LogP contribution in [0.2, 0.25) is 0 Å². The van der Waals surface area contributed by atoms with Crippen LogP contribution in [0.1, 0.15) is 16.8 Å². The Bertz CT molecular complexity index is 523. The molecule has 0 aliphatic heterocycles. The van der Waals surface area contributed by atoms with Crippen molar-refractivity contribution in [3.05, 3.63) is 53.3 Å². The second-order valence-electron chi connectivity index (χ2n) is 4.12. The average Bonchev–Trinajstić information content (AvgIpc) is 2.32. The largest absolute Gasteiger partial charge is 0.508 e. The molecule has 0 aliphatic rings. The molecule has 0 aliphatic carbocycles. The van der Waals surface area contributed by atoms with Crippen molar-refractivity contribution in [2.75, 3.05) is 5.32 Å². The molecule has 0 radical (unpaired) electrons. The van der Waals surface area contributed by atoms with Gasteiger partial charge in [0.25, 0.3) is 0 Å². The highest BCUT2D eigenvalue weighted by atomic mass is 16.3. The molecule has 0 atom stereocenters. The standard InChI is InChI=1S/C14H16N2O/c1-10-5-6-14(17)12(8-10)9-16-13-4-3-7-15-11(13)2/h3-8,16-17H,9H2,1-2H3. The van der Waals surface area contributed by atoms with Crippen LogP contribution >= 0.6 is 0 Å². The first-order valence-electron chi connectivity index (χ1n) is 5.61. The van der Waals surface area contributed by atoms with Gasteiger partial charge in [0.1, 0.15) is 5.75 Å². The van der Waals surface area contributed by atoms with E-state index < -0.39 is 0 Å². The molecule has 1 aromatic carbocycles. The summed E-state index contributed by atoms with van der Waals surface area (Å²) in [4.78, 5) is 4.21. The number of benzene rings is 1. The lowest BCUT2D eigenvalue weighted by molar-refractivity contribution is 0.469. The summed E-state index contributed by atoms with van der Waals surface area (Å²) < 4.78 is 0. The van der Waals surface area contributed by atoms with Gasteiger partial charge in [-0.2, -0.15) is 0 Å². The highest BCUT2D eigenvalue weighted by Gasteiger charge is 2.02. The van der Waals surface area contributed by atoms with Crippen LogP contribution in [0.25, 0.3) is 0 Å². The van der Waals surface area contributed by atoms with E-state index in [2.05, 4.69) is 10.3 Å². The fraction of sp³-hybridized carbons (Fsp3) is 0.214. The van der Waals surface area contributed by atoms with Crippen molar-refractivity contribution in [1.82, 2.24) is 4.98 Å². The normalized spacial score (nSPS) is 10.2. The van der Waals surface area contributed by atoms with Gasteiger partial charge in [-0.25, -0.2) is 0 Å². The lowest BCUT2D eigenvalue weighted by atomic mass is 10.1. The number of rotatable bonds is 3. The van der Waals surface area contributed by atoms with Crippen molar-refractivity contribution < 1.29 is 5.11 Å². The lowest BCUT2D eigenvalue weighted by Crippen LogP contribution is -2.02. The van der Waals surface area contributed by atoms with Crippen LogP contribution in [-0.4, -0.2) is 10.1 Å². The topological polar surface area (TPSA) is 45.1 Å². The summed E-state index contributed by atoms with van der Waals surface area (Å²) in [6.07, 6.45) is 1.77. The monoisotopic (exact) mass is 228 g/mol. The molecule has 3 heteroatoms. The van der Waals surface area contributed by atoms with Crippen LogP contribution < -0.4 is 5.32 Å². The number of anilines is 1. The van der Waals surface area contributed by atoms with Crippen molar-refractivity contribution in [1.29, 1.82) is 0 Å². The summed E-state index contributed by atoms with van der Waals surface area (Å²) in [5.74, 6) is 0.324. The number of phenols is 1. The number of hydrogen-bond acceptors (Lipinski definition) is 3. The maximum atomic E-state index is 9.73. The van der Waals surface area contributed by atoms with Crippen LogP contribution in [0, 0.1) is 13.8 Å². The molecule has 2 N–H and O–H groups in total. The number of aryl methyl sites for hydroxylation is 2. The summed E-state index contributed by atoms with van der Waals surface area (Å²) in [6, 6.07) is 9.48. The van der Waals surface area contributed by atoms with Gasteiger partial charge in [-0.15, -0.1) is 0 Å². The number of nitrogens with one attached hydrogen (secondary N) is 1. The Morgan fingerprint density at radius 3 is 2.82 bits per heavy atom. The van der Waals surface area contributed by atoms with Crippen LogP contribution in [0.15, 0.2) is 36.5 Å². The maximum absolute atomic E-state index is 9.73. The molecule has 0 spiro atoms. The minimum atomic E-state index is 0.324. The van der Waals surface area contributed by atoms with Crippen molar-refractivity contribution >= 4 is 5.69 Å². The number of aromatic nitrogens is 1. The minimum Gasteiger partial charge on any atom is -0.508 e. The molecule has 0 unspecified atom stereocenters.